The molecule has 3 heterocycles. The van der Waals surface area contributed by atoms with E-state index in [4.69, 9.17) is 14.2 Å². The third kappa shape index (κ3) is 6.46. The number of likely N-dealkylation sites (tertiary alicyclic amines) is 1. The lowest BCUT2D eigenvalue weighted by atomic mass is 9.97. The number of benzene rings is 2. The van der Waals surface area contributed by atoms with Crippen molar-refractivity contribution in [1.29, 1.82) is 0 Å². The predicted molar refractivity (Wildman–Crippen MR) is 169 cm³/mol. The molecular formula is C34H45N3O4S. The smallest absolute Gasteiger partial charge is 0.264 e. The number of hydrogen-bond acceptors (Lipinski definition) is 7. The largest absolute Gasteiger partial charge is 0.493 e. The van der Waals surface area contributed by atoms with Crippen molar-refractivity contribution in [3.05, 3.63) is 75.0 Å². The molecular weight excluding hydrogens is 546 g/mol. The van der Waals surface area contributed by atoms with Gasteiger partial charge in [0.15, 0.2) is 11.5 Å². The second-order valence-electron chi connectivity index (χ2n) is 11.7. The van der Waals surface area contributed by atoms with Crippen molar-refractivity contribution < 1.29 is 19.0 Å². The zero-order valence-corrected chi connectivity index (χ0v) is 26.7. The summed E-state index contributed by atoms with van der Waals surface area (Å²) >= 11 is 1.57. The highest BCUT2D eigenvalue weighted by Gasteiger charge is 2.34. The van der Waals surface area contributed by atoms with Gasteiger partial charge in [0.2, 0.25) is 5.75 Å². The Balaban J connectivity index is 1.15. The molecule has 2 aliphatic rings. The summed E-state index contributed by atoms with van der Waals surface area (Å²) < 4.78 is 16.5. The minimum Gasteiger partial charge on any atom is -0.493 e. The minimum absolute atomic E-state index is 0.211. The Labute approximate surface area is 255 Å². The first-order valence-corrected chi connectivity index (χ1v) is 15.9. The van der Waals surface area contributed by atoms with Crippen LogP contribution in [0.2, 0.25) is 0 Å². The lowest BCUT2D eigenvalue weighted by Crippen LogP contribution is -2.57. The van der Waals surface area contributed by atoms with Gasteiger partial charge in [0.05, 0.1) is 26.2 Å². The fraction of sp³-hybridized carbons (Fsp3) is 0.500. The van der Waals surface area contributed by atoms with E-state index < -0.39 is 0 Å². The first-order chi connectivity index (χ1) is 20.3. The lowest BCUT2D eigenvalue weighted by molar-refractivity contribution is 0.0136. The van der Waals surface area contributed by atoms with E-state index in [9.17, 15) is 4.79 Å². The van der Waals surface area contributed by atoms with E-state index in [1.54, 1.807) is 32.7 Å². The van der Waals surface area contributed by atoms with Crippen LogP contribution in [0.5, 0.6) is 17.2 Å². The van der Waals surface area contributed by atoms with Crippen LogP contribution in [0.25, 0.3) is 0 Å². The Hall–Kier alpha value is -3.07. The van der Waals surface area contributed by atoms with Crippen molar-refractivity contribution in [2.75, 3.05) is 54.1 Å². The number of hydrogen-bond donors (Lipinski definition) is 0. The van der Waals surface area contributed by atoms with Gasteiger partial charge in [0, 0.05) is 50.8 Å². The van der Waals surface area contributed by atoms with E-state index in [0.29, 0.717) is 35.4 Å². The number of nitrogens with zero attached hydrogens (tertiary/aromatic N) is 3. The van der Waals surface area contributed by atoms with E-state index in [0.717, 1.165) is 68.0 Å². The van der Waals surface area contributed by atoms with E-state index in [1.807, 2.05) is 30.5 Å². The quantitative estimate of drug-likeness (QED) is 0.302. The third-order valence-electron chi connectivity index (χ3n) is 9.13. The summed E-state index contributed by atoms with van der Waals surface area (Å²) in [6.45, 7) is 11.6. The van der Waals surface area contributed by atoms with Crippen molar-refractivity contribution in [2.45, 2.75) is 58.2 Å². The van der Waals surface area contributed by atoms with Crippen molar-refractivity contribution in [2.24, 2.45) is 0 Å². The molecule has 3 aromatic rings. The fourth-order valence-corrected chi connectivity index (χ4v) is 7.55. The number of rotatable bonds is 9. The predicted octanol–water partition coefficient (Wildman–Crippen LogP) is 6.05. The molecule has 7 nitrogen and oxygen atoms in total. The molecule has 0 N–H and O–H groups in total. The molecule has 0 aliphatic carbocycles. The van der Waals surface area contributed by atoms with E-state index in [2.05, 4.69) is 52.8 Å². The van der Waals surface area contributed by atoms with Crippen LogP contribution in [0.4, 0.5) is 0 Å². The fourth-order valence-electron chi connectivity index (χ4n) is 6.66. The van der Waals surface area contributed by atoms with Gasteiger partial charge in [-0.2, -0.15) is 0 Å². The second kappa shape index (κ2) is 13.5. The normalized spacial score (nSPS) is 19.5. The molecule has 0 unspecified atom stereocenters. The van der Waals surface area contributed by atoms with Crippen LogP contribution in [0.15, 0.2) is 47.8 Å². The second-order valence-corrected chi connectivity index (χ2v) is 12.6. The van der Waals surface area contributed by atoms with Crippen LogP contribution >= 0.6 is 11.3 Å². The number of methoxy groups -OCH3 is 3. The highest BCUT2D eigenvalue weighted by molar-refractivity contribution is 7.12. The van der Waals surface area contributed by atoms with Gasteiger partial charge in [-0.25, -0.2) is 0 Å². The summed E-state index contributed by atoms with van der Waals surface area (Å²) in [4.78, 5) is 21.2. The molecule has 0 bridgehead atoms. The summed E-state index contributed by atoms with van der Waals surface area (Å²) in [5, 5.41) is 2.02. The zero-order chi connectivity index (χ0) is 29.8. The molecule has 1 aromatic heterocycles. The number of ether oxygens (including phenoxy) is 3. The Kier molecular flexibility index (Phi) is 9.76. The maximum atomic E-state index is 13.0. The number of carbonyl (C=O) groups excluding carboxylic acids is 1. The van der Waals surface area contributed by atoms with Gasteiger partial charge < -0.3 is 19.1 Å². The molecule has 5 rings (SSSR count). The zero-order valence-electron chi connectivity index (χ0n) is 25.9. The average Bonchev–Trinajstić information content (AvgIpc) is 3.45. The van der Waals surface area contributed by atoms with Gasteiger partial charge in [-0.3, -0.25) is 14.6 Å². The van der Waals surface area contributed by atoms with Crippen molar-refractivity contribution in [3.63, 3.8) is 0 Å². The molecule has 2 saturated heterocycles. The summed E-state index contributed by atoms with van der Waals surface area (Å²) in [7, 11) is 4.93. The molecule has 8 heteroatoms. The highest BCUT2D eigenvalue weighted by Crippen LogP contribution is 2.39. The number of amides is 1. The molecule has 2 atom stereocenters. The molecule has 2 fully saturated rings. The SMILES string of the molecule is COc1cc(Cc2ccc([C@H](C)N3CCN(C4CCN(C(=O)c5sccc5C)CC4)C[C@H]3C)cc2)cc(OC)c1OC. The van der Waals surface area contributed by atoms with Gasteiger partial charge in [-0.1, -0.05) is 24.3 Å². The molecule has 0 saturated carbocycles. The molecule has 0 radical (unpaired) electrons. The van der Waals surface area contributed by atoms with Gasteiger partial charge >= 0.3 is 0 Å². The molecule has 2 aliphatic heterocycles. The molecule has 0 spiro atoms. The van der Waals surface area contributed by atoms with E-state index in [-0.39, 0.29) is 5.91 Å². The monoisotopic (exact) mass is 591 g/mol. The Bertz CT molecular complexity index is 1320. The highest BCUT2D eigenvalue weighted by atomic mass is 32.1. The van der Waals surface area contributed by atoms with Crippen molar-refractivity contribution >= 4 is 17.2 Å². The number of piperidine rings is 1. The van der Waals surface area contributed by atoms with Crippen LogP contribution in [0, 0.1) is 6.92 Å². The lowest BCUT2D eigenvalue weighted by Gasteiger charge is -2.47. The van der Waals surface area contributed by atoms with Crippen LogP contribution < -0.4 is 14.2 Å². The van der Waals surface area contributed by atoms with Gasteiger partial charge in [0.1, 0.15) is 0 Å². The van der Waals surface area contributed by atoms with Crippen molar-refractivity contribution in [1.82, 2.24) is 14.7 Å². The van der Waals surface area contributed by atoms with E-state index >= 15 is 0 Å². The molecule has 226 valence electrons. The van der Waals surface area contributed by atoms with Crippen LogP contribution in [0.1, 0.15) is 64.7 Å². The Morgan fingerprint density at radius 2 is 1.60 bits per heavy atom. The summed E-state index contributed by atoms with van der Waals surface area (Å²) in [5.74, 6) is 2.19. The molecule has 2 aromatic carbocycles. The summed E-state index contributed by atoms with van der Waals surface area (Å²) in [5.41, 5.74) is 4.81. The third-order valence-corrected chi connectivity index (χ3v) is 10.1. The number of piperazine rings is 1. The summed E-state index contributed by atoms with van der Waals surface area (Å²) in [6.07, 6.45) is 2.91. The molecule has 42 heavy (non-hydrogen) atoms. The first-order valence-electron chi connectivity index (χ1n) is 15.0. The van der Waals surface area contributed by atoms with Crippen LogP contribution in [-0.2, 0) is 6.42 Å². The standard InChI is InChI=1S/C34H45N3O4S/c1-23-13-18-42-33(23)34(38)35-14-11-29(12-15-35)36-16-17-37(24(2)22-36)25(3)28-9-7-26(8-10-28)19-27-20-30(39-4)32(41-6)31(21-27)40-5/h7-10,13,18,20-21,24-25,29H,11-12,14-17,19,22H2,1-6H3/t24-,25+/m1/s1. The number of carbonyl (C=O) groups is 1. The Morgan fingerprint density at radius 1 is 0.929 bits per heavy atom. The number of thiophene rings is 1. The number of aryl methyl sites for hydroxylation is 1. The van der Waals surface area contributed by atoms with Gasteiger partial charge in [-0.15, -0.1) is 11.3 Å². The van der Waals surface area contributed by atoms with E-state index in [1.165, 1.54) is 11.1 Å². The maximum Gasteiger partial charge on any atom is 0.264 e. The van der Waals surface area contributed by atoms with Crippen LogP contribution in [0.3, 0.4) is 0 Å². The maximum absolute atomic E-state index is 13.0. The average molecular weight is 592 g/mol. The van der Waals surface area contributed by atoms with Crippen molar-refractivity contribution in [3.8, 4) is 17.2 Å². The topological polar surface area (TPSA) is 54.5 Å². The molecule has 1 amide bonds. The summed E-state index contributed by atoms with van der Waals surface area (Å²) in [6, 6.07) is 16.5. The van der Waals surface area contributed by atoms with Gasteiger partial charge in [0.25, 0.3) is 5.91 Å². The Morgan fingerprint density at radius 3 is 2.14 bits per heavy atom. The van der Waals surface area contributed by atoms with Gasteiger partial charge in [-0.05, 0) is 85.9 Å². The van der Waals surface area contributed by atoms with Crippen LogP contribution in [-0.4, -0.2) is 86.7 Å². The first kappa shape index (κ1) is 30.4. The minimum atomic E-state index is 0.211.